The largest absolute Gasteiger partial charge is 0.366 e. The van der Waals surface area contributed by atoms with E-state index in [9.17, 15) is 14.0 Å². The van der Waals surface area contributed by atoms with Crippen molar-refractivity contribution in [3.8, 4) is 10.4 Å². The van der Waals surface area contributed by atoms with Crippen LogP contribution in [-0.2, 0) is 6.42 Å². The summed E-state index contributed by atoms with van der Waals surface area (Å²) >= 11 is 1.36. The van der Waals surface area contributed by atoms with Crippen LogP contribution in [-0.4, -0.2) is 18.4 Å². The number of carbonyl (C=O) groups excluding carboxylic acids is 2. The van der Waals surface area contributed by atoms with E-state index in [2.05, 4.69) is 5.32 Å². The minimum Gasteiger partial charge on any atom is -0.366 e. The predicted molar refractivity (Wildman–Crippen MR) is 101 cm³/mol. The van der Waals surface area contributed by atoms with Crippen molar-refractivity contribution in [2.75, 3.05) is 6.54 Å². The summed E-state index contributed by atoms with van der Waals surface area (Å²) in [5, 5.41) is 2.87. The summed E-state index contributed by atoms with van der Waals surface area (Å²) in [6, 6.07) is 16.8. The van der Waals surface area contributed by atoms with Gasteiger partial charge in [-0.25, -0.2) is 4.39 Å². The molecule has 1 aromatic heterocycles. The van der Waals surface area contributed by atoms with Crippen LogP contribution in [0.2, 0.25) is 0 Å². The Morgan fingerprint density at radius 3 is 2.54 bits per heavy atom. The summed E-state index contributed by atoms with van der Waals surface area (Å²) in [6.07, 6.45) is 0.600. The molecule has 3 N–H and O–H groups in total. The Balaban J connectivity index is 1.58. The lowest BCUT2D eigenvalue weighted by atomic mass is 10.1. The first-order valence-electron chi connectivity index (χ1n) is 8.05. The zero-order valence-electron chi connectivity index (χ0n) is 13.9. The van der Waals surface area contributed by atoms with Gasteiger partial charge in [0.25, 0.3) is 5.91 Å². The molecule has 0 aliphatic rings. The van der Waals surface area contributed by atoms with Crippen molar-refractivity contribution in [2.45, 2.75) is 6.42 Å². The summed E-state index contributed by atoms with van der Waals surface area (Å²) < 4.78 is 13.0. The lowest BCUT2D eigenvalue weighted by Crippen LogP contribution is -2.24. The number of carbonyl (C=O) groups is 2. The van der Waals surface area contributed by atoms with Crippen LogP contribution < -0.4 is 11.1 Å². The fraction of sp³-hybridized carbons (Fsp3) is 0.100. The second-order valence-electron chi connectivity index (χ2n) is 5.74. The fourth-order valence-corrected chi connectivity index (χ4v) is 3.44. The molecule has 1 heterocycles. The van der Waals surface area contributed by atoms with Gasteiger partial charge in [0.05, 0.1) is 4.88 Å². The van der Waals surface area contributed by atoms with Gasteiger partial charge in [0.2, 0.25) is 5.91 Å². The van der Waals surface area contributed by atoms with E-state index in [-0.39, 0.29) is 11.7 Å². The van der Waals surface area contributed by atoms with Crippen LogP contribution in [0.4, 0.5) is 4.39 Å². The quantitative estimate of drug-likeness (QED) is 0.697. The van der Waals surface area contributed by atoms with E-state index >= 15 is 0 Å². The Morgan fingerprint density at radius 1 is 1.04 bits per heavy atom. The van der Waals surface area contributed by atoms with Crippen molar-refractivity contribution >= 4 is 23.2 Å². The van der Waals surface area contributed by atoms with Gasteiger partial charge in [-0.05, 0) is 53.9 Å². The highest BCUT2D eigenvalue weighted by atomic mass is 32.1. The third-order valence-corrected chi connectivity index (χ3v) is 5.00. The highest BCUT2D eigenvalue weighted by molar-refractivity contribution is 7.17. The monoisotopic (exact) mass is 368 g/mol. The molecule has 6 heteroatoms. The van der Waals surface area contributed by atoms with Crippen molar-refractivity contribution in [2.24, 2.45) is 5.73 Å². The summed E-state index contributed by atoms with van der Waals surface area (Å²) in [5.74, 6) is -0.916. The molecule has 2 amide bonds. The molecule has 0 aliphatic heterocycles. The Morgan fingerprint density at radius 2 is 1.81 bits per heavy atom. The Bertz CT molecular complexity index is 935. The molecule has 26 heavy (non-hydrogen) atoms. The van der Waals surface area contributed by atoms with Gasteiger partial charge in [-0.3, -0.25) is 9.59 Å². The van der Waals surface area contributed by atoms with Gasteiger partial charge >= 0.3 is 0 Å². The van der Waals surface area contributed by atoms with E-state index in [1.54, 1.807) is 36.4 Å². The van der Waals surface area contributed by atoms with Crippen LogP contribution in [0.5, 0.6) is 0 Å². The third kappa shape index (κ3) is 4.34. The van der Waals surface area contributed by atoms with E-state index in [4.69, 9.17) is 5.73 Å². The molecule has 0 atom stereocenters. The van der Waals surface area contributed by atoms with Crippen molar-refractivity contribution < 1.29 is 14.0 Å². The normalized spacial score (nSPS) is 10.5. The Hall–Kier alpha value is -2.99. The lowest BCUT2D eigenvalue weighted by Gasteiger charge is -2.05. The summed E-state index contributed by atoms with van der Waals surface area (Å²) in [6.45, 7) is 0.449. The number of nitrogens with one attached hydrogen (secondary N) is 1. The van der Waals surface area contributed by atoms with Gasteiger partial charge < -0.3 is 11.1 Å². The number of rotatable bonds is 6. The summed E-state index contributed by atoms with van der Waals surface area (Å²) in [7, 11) is 0. The zero-order chi connectivity index (χ0) is 18.5. The van der Waals surface area contributed by atoms with Gasteiger partial charge in [0, 0.05) is 17.0 Å². The van der Waals surface area contributed by atoms with Gasteiger partial charge in [0.15, 0.2) is 0 Å². The number of thiophene rings is 1. The Labute approximate surface area is 154 Å². The van der Waals surface area contributed by atoms with Crippen molar-refractivity contribution in [3.63, 3.8) is 0 Å². The van der Waals surface area contributed by atoms with E-state index in [0.717, 1.165) is 16.0 Å². The number of hydrogen-bond donors (Lipinski definition) is 2. The van der Waals surface area contributed by atoms with Crippen LogP contribution in [0.25, 0.3) is 10.4 Å². The van der Waals surface area contributed by atoms with E-state index in [1.807, 2.05) is 12.1 Å². The molecule has 3 aromatic rings. The highest BCUT2D eigenvalue weighted by Crippen LogP contribution is 2.28. The molecule has 132 valence electrons. The summed E-state index contributed by atoms with van der Waals surface area (Å²) in [4.78, 5) is 25.0. The van der Waals surface area contributed by atoms with Gasteiger partial charge in [-0.1, -0.05) is 24.3 Å². The highest BCUT2D eigenvalue weighted by Gasteiger charge is 2.10. The standard InChI is InChI=1S/C20H17FN2O2S/c21-16-6-4-14(5-7-16)17-8-9-18(26-17)20(25)23-11-10-13-2-1-3-15(12-13)19(22)24/h1-9,12H,10-11H2,(H2,22,24)(H,23,25). The Kier molecular flexibility index (Phi) is 5.43. The van der Waals surface area contributed by atoms with E-state index < -0.39 is 5.91 Å². The molecule has 0 bridgehead atoms. The van der Waals surface area contributed by atoms with E-state index in [0.29, 0.717) is 23.4 Å². The van der Waals surface area contributed by atoms with Gasteiger partial charge in [-0.2, -0.15) is 0 Å². The average Bonchev–Trinajstić information content (AvgIpc) is 3.13. The molecular weight excluding hydrogens is 351 g/mol. The fourth-order valence-electron chi connectivity index (χ4n) is 2.52. The molecule has 0 saturated carbocycles. The first-order chi connectivity index (χ1) is 12.5. The molecule has 3 rings (SSSR count). The topological polar surface area (TPSA) is 72.2 Å². The minimum atomic E-state index is -0.470. The van der Waals surface area contributed by atoms with Crippen LogP contribution in [0.1, 0.15) is 25.6 Å². The number of hydrogen-bond acceptors (Lipinski definition) is 3. The number of amides is 2. The molecule has 0 spiro atoms. The molecule has 0 saturated heterocycles. The second-order valence-corrected chi connectivity index (χ2v) is 6.83. The maximum Gasteiger partial charge on any atom is 0.261 e. The first-order valence-corrected chi connectivity index (χ1v) is 8.87. The van der Waals surface area contributed by atoms with Gasteiger partial charge in [-0.15, -0.1) is 11.3 Å². The SMILES string of the molecule is NC(=O)c1cccc(CCNC(=O)c2ccc(-c3ccc(F)cc3)s2)c1. The lowest BCUT2D eigenvalue weighted by molar-refractivity contribution is 0.0956. The second kappa shape index (κ2) is 7.93. The van der Waals surface area contributed by atoms with Crippen LogP contribution in [0.3, 0.4) is 0 Å². The van der Waals surface area contributed by atoms with Crippen LogP contribution in [0.15, 0.2) is 60.7 Å². The average molecular weight is 368 g/mol. The van der Waals surface area contributed by atoms with Gasteiger partial charge in [0.1, 0.15) is 5.82 Å². The predicted octanol–water partition coefficient (Wildman–Crippen LogP) is 3.63. The third-order valence-electron chi connectivity index (χ3n) is 3.87. The number of benzene rings is 2. The van der Waals surface area contributed by atoms with Crippen LogP contribution in [0, 0.1) is 5.82 Å². The summed E-state index contributed by atoms with van der Waals surface area (Å²) in [5.41, 5.74) is 7.52. The van der Waals surface area contributed by atoms with Crippen molar-refractivity contribution in [1.82, 2.24) is 5.32 Å². The molecule has 0 unspecified atom stereocenters. The van der Waals surface area contributed by atoms with E-state index in [1.165, 1.54) is 23.5 Å². The van der Waals surface area contributed by atoms with Crippen LogP contribution >= 0.6 is 11.3 Å². The maximum atomic E-state index is 13.0. The molecule has 0 fully saturated rings. The molecule has 0 aliphatic carbocycles. The first kappa shape index (κ1) is 17.8. The number of primary amides is 1. The minimum absolute atomic E-state index is 0.158. The molecule has 0 radical (unpaired) electrons. The smallest absolute Gasteiger partial charge is 0.261 e. The van der Waals surface area contributed by atoms with Crippen molar-refractivity contribution in [1.29, 1.82) is 0 Å². The number of nitrogens with two attached hydrogens (primary N) is 1. The molecule has 2 aromatic carbocycles. The van der Waals surface area contributed by atoms with Crippen molar-refractivity contribution in [3.05, 3.63) is 82.5 Å². The molecule has 4 nitrogen and oxygen atoms in total. The maximum absolute atomic E-state index is 13.0. The zero-order valence-corrected chi connectivity index (χ0v) is 14.7. The number of halogens is 1. The molecular formula is C20H17FN2O2S.